The summed E-state index contributed by atoms with van der Waals surface area (Å²) in [6.07, 6.45) is 3.64. The molecule has 1 atom stereocenters. The van der Waals surface area contributed by atoms with Crippen molar-refractivity contribution >= 4 is 35.3 Å². The van der Waals surface area contributed by atoms with Gasteiger partial charge in [-0.1, -0.05) is 55.5 Å². The zero-order valence-corrected chi connectivity index (χ0v) is 23.7. The number of aliphatic hydroxyl groups is 1. The molecule has 1 aliphatic rings. The maximum absolute atomic E-state index is 13.7. The molecule has 210 valence electrons. The predicted molar refractivity (Wildman–Crippen MR) is 159 cm³/mol. The van der Waals surface area contributed by atoms with E-state index in [9.17, 15) is 14.4 Å². The molecule has 40 heavy (non-hydrogen) atoms. The Bertz CT molecular complexity index is 1350. The van der Waals surface area contributed by atoms with Gasteiger partial charge in [0.1, 0.15) is 6.04 Å². The van der Waals surface area contributed by atoms with Gasteiger partial charge in [-0.2, -0.15) is 0 Å². The van der Waals surface area contributed by atoms with Gasteiger partial charge in [-0.3, -0.25) is 9.59 Å². The van der Waals surface area contributed by atoms with Crippen LogP contribution in [0.4, 0.5) is 10.5 Å². The average Bonchev–Trinajstić information content (AvgIpc) is 3.11. The minimum absolute atomic E-state index is 0.0996. The first-order valence-electron chi connectivity index (χ1n) is 13.5. The molecule has 0 unspecified atom stereocenters. The van der Waals surface area contributed by atoms with E-state index < -0.39 is 6.04 Å². The number of hydrogen-bond donors (Lipinski definition) is 4. The molecule has 0 radical (unpaired) electrons. The minimum Gasteiger partial charge on any atom is -0.395 e. The van der Waals surface area contributed by atoms with E-state index in [2.05, 4.69) is 22.0 Å². The second-order valence-corrected chi connectivity index (χ2v) is 10.5. The van der Waals surface area contributed by atoms with Crippen LogP contribution >= 0.6 is 11.8 Å². The van der Waals surface area contributed by atoms with Gasteiger partial charge in [0.05, 0.1) is 13.2 Å². The van der Waals surface area contributed by atoms with Crippen molar-refractivity contribution in [2.24, 2.45) is 0 Å². The lowest BCUT2D eigenvalue weighted by atomic mass is 9.98. The van der Waals surface area contributed by atoms with Gasteiger partial charge in [0.15, 0.2) is 0 Å². The molecule has 0 fully saturated rings. The van der Waals surface area contributed by atoms with Crippen LogP contribution < -0.4 is 20.9 Å². The number of aliphatic hydroxyl groups excluding tert-OH is 1. The first-order chi connectivity index (χ1) is 19.4. The highest BCUT2D eigenvalue weighted by Crippen LogP contribution is 2.32. The Morgan fingerprint density at radius 1 is 1.05 bits per heavy atom. The molecule has 9 heteroatoms. The number of fused-ring (bicyclic) bond motifs is 1. The molecule has 0 aromatic heterocycles. The number of anilines is 1. The van der Waals surface area contributed by atoms with Crippen molar-refractivity contribution in [1.82, 2.24) is 16.0 Å². The molecular formula is C31H36N4O4S. The largest absolute Gasteiger partial charge is 0.395 e. The quantitative estimate of drug-likeness (QED) is 0.277. The third-order valence-corrected chi connectivity index (χ3v) is 7.69. The van der Waals surface area contributed by atoms with E-state index in [1.807, 2.05) is 66.9 Å². The fourth-order valence-electron chi connectivity index (χ4n) is 4.81. The molecule has 4 rings (SSSR count). The van der Waals surface area contributed by atoms with Crippen LogP contribution in [0.1, 0.15) is 36.5 Å². The minimum atomic E-state index is -0.564. The number of benzene rings is 3. The highest BCUT2D eigenvalue weighted by molar-refractivity contribution is 7.98. The fraction of sp³-hybridized carbons (Fsp3) is 0.323. The van der Waals surface area contributed by atoms with Gasteiger partial charge < -0.3 is 26.0 Å². The number of rotatable bonds is 10. The first-order valence-corrected chi connectivity index (χ1v) is 14.7. The smallest absolute Gasteiger partial charge is 0.315 e. The number of carbonyl (C=O) groups is 3. The monoisotopic (exact) mass is 560 g/mol. The molecule has 0 bridgehead atoms. The lowest BCUT2D eigenvalue weighted by molar-refractivity contribution is -0.127. The molecular weight excluding hydrogens is 524 g/mol. The number of thioether (sulfide) groups is 1. The SMILES string of the molecule is CCC(=O)N[C@@H]1CCc2cc(SC)ccc2N(Cc2ccc(-c3ccccc3CNC(=O)NCCO)cc2)C1=O. The van der Waals surface area contributed by atoms with E-state index in [1.54, 1.807) is 23.6 Å². The van der Waals surface area contributed by atoms with Gasteiger partial charge in [0.25, 0.3) is 0 Å². The Morgan fingerprint density at radius 3 is 2.55 bits per heavy atom. The van der Waals surface area contributed by atoms with Crippen molar-refractivity contribution in [3.8, 4) is 11.1 Å². The topological polar surface area (TPSA) is 111 Å². The summed E-state index contributed by atoms with van der Waals surface area (Å²) in [5.74, 6) is -0.227. The summed E-state index contributed by atoms with van der Waals surface area (Å²) in [5, 5.41) is 17.2. The highest BCUT2D eigenvalue weighted by Gasteiger charge is 2.31. The fourth-order valence-corrected chi connectivity index (χ4v) is 5.28. The maximum atomic E-state index is 13.7. The van der Waals surface area contributed by atoms with Gasteiger partial charge in [0.2, 0.25) is 11.8 Å². The number of aryl methyl sites for hydroxylation is 1. The van der Waals surface area contributed by atoms with Crippen LogP contribution in [0.2, 0.25) is 0 Å². The van der Waals surface area contributed by atoms with Gasteiger partial charge >= 0.3 is 6.03 Å². The van der Waals surface area contributed by atoms with Crippen molar-refractivity contribution in [3.63, 3.8) is 0 Å². The number of amides is 4. The third-order valence-electron chi connectivity index (χ3n) is 6.96. The lowest BCUT2D eigenvalue weighted by Crippen LogP contribution is -2.47. The zero-order valence-electron chi connectivity index (χ0n) is 22.9. The van der Waals surface area contributed by atoms with Crippen molar-refractivity contribution in [2.75, 3.05) is 24.3 Å². The van der Waals surface area contributed by atoms with Crippen LogP contribution in [0, 0.1) is 0 Å². The van der Waals surface area contributed by atoms with Crippen molar-refractivity contribution in [2.45, 2.75) is 50.2 Å². The van der Waals surface area contributed by atoms with E-state index in [0.29, 0.717) is 32.4 Å². The van der Waals surface area contributed by atoms with Crippen LogP contribution in [0.3, 0.4) is 0 Å². The predicted octanol–water partition coefficient (Wildman–Crippen LogP) is 4.24. The molecule has 0 spiro atoms. The Hall–Kier alpha value is -3.82. The summed E-state index contributed by atoms with van der Waals surface area (Å²) in [5.41, 5.74) is 5.92. The van der Waals surface area contributed by atoms with E-state index in [-0.39, 0.29) is 31.0 Å². The van der Waals surface area contributed by atoms with Gasteiger partial charge in [0, 0.05) is 30.1 Å². The number of nitrogens with one attached hydrogen (secondary N) is 3. The van der Waals surface area contributed by atoms with Crippen LogP contribution in [0.25, 0.3) is 11.1 Å². The molecule has 3 aromatic carbocycles. The van der Waals surface area contributed by atoms with Gasteiger partial charge in [-0.05, 0) is 65.1 Å². The van der Waals surface area contributed by atoms with Crippen molar-refractivity contribution < 1.29 is 19.5 Å². The van der Waals surface area contributed by atoms with Crippen LogP contribution in [-0.4, -0.2) is 48.4 Å². The highest BCUT2D eigenvalue weighted by atomic mass is 32.2. The lowest BCUT2D eigenvalue weighted by Gasteiger charge is -2.27. The molecule has 0 saturated carbocycles. The Kier molecular flexibility index (Phi) is 10.2. The molecule has 3 aromatic rings. The number of nitrogens with zero attached hydrogens (tertiary/aromatic N) is 1. The van der Waals surface area contributed by atoms with Crippen molar-refractivity contribution in [3.05, 3.63) is 83.4 Å². The van der Waals surface area contributed by atoms with E-state index in [0.717, 1.165) is 38.4 Å². The summed E-state index contributed by atoms with van der Waals surface area (Å²) in [6.45, 7) is 2.60. The number of hydrogen-bond acceptors (Lipinski definition) is 5. The van der Waals surface area contributed by atoms with Gasteiger partial charge in [-0.15, -0.1) is 11.8 Å². The molecule has 8 nitrogen and oxygen atoms in total. The Morgan fingerprint density at radius 2 is 1.82 bits per heavy atom. The molecule has 1 heterocycles. The third kappa shape index (κ3) is 7.22. The summed E-state index contributed by atoms with van der Waals surface area (Å²) in [7, 11) is 0. The van der Waals surface area contributed by atoms with Gasteiger partial charge in [-0.25, -0.2) is 4.79 Å². The number of urea groups is 1. The Balaban J connectivity index is 1.56. The molecule has 4 N–H and O–H groups in total. The normalized spacial score (nSPS) is 14.7. The number of carbonyl (C=O) groups excluding carboxylic acids is 3. The summed E-state index contributed by atoms with van der Waals surface area (Å²) in [4.78, 5) is 40.8. The van der Waals surface area contributed by atoms with Crippen LogP contribution in [0.15, 0.2) is 71.6 Å². The van der Waals surface area contributed by atoms with E-state index in [1.165, 1.54) is 0 Å². The summed E-state index contributed by atoms with van der Waals surface area (Å²) >= 11 is 1.67. The second-order valence-electron chi connectivity index (χ2n) is 9.62. The molecule has 0 saturated heterocycles. The standard InChI is InChI=1S/C31H36N4O4S/c1-3-29(37)34-27-14-12-23-18-25(40-2)13-15-28(23)35(30(27)38)20-21-8-10-22(11-9-21)26-7-5-4-6-24(26)19-33-31(39)32-16-17-36/h4-11,13,15,18,27,36H,3,12,14,16-17,19-20H2,1-2H3,(H,34,37)(H2,32,33,39)/t27-/m1/s1. The molecule has 1 aliphatic heterocycles. The van der Waals surface area contributed by atoms with E-state index >= 15 is 0 Å². The first kappa shape index (κ1) is 29.2. The van der Waals surface area contributed by atoms with Crippen molar-refractivity contribution in [1.29, 1.82) is 0 Å². The molecule has 4 amide bonds. The average molecular weight is 561 g/mol. The Labute approximate surface area is 239 Å². The van der Waals surface area contributed by atoms with Crippen LogP contribution in [-0.2, 0) is 29.1 Å². The maximum Gasteiger partial charge on any atom is 0.315 e. The van der Waals surface area contributed by atoms with E-state index in [4.69, 9.17) is 5.11 Å². The second kappa shape index (κ2) is 14.0. The summed E-state index contributed by atoms with van der Waals surface area (Å²) < 4.78 is 0. The van der Waals surface area contributed by atoms with Crippen LogP contribution in [0.5, 0.6) is 0 Å². The zero-order chi connectivity index (χ0) is 28.5. The summed E-state index contributed by atoms with van der Waals surface area (Å²) in [6, 6.07) is 21.2. The molecule has 0 aliphatic carbocycles.